The zero-order valence-electron chi connectivity index (χ0n) is 9.59. The minimum atomic E-state index is -2.45. The highest BCUT2D eigenvalue weighted by atomic mass is 32.1. The topological polar surface area (TPSA) is 16.1 Å². The summed E-state index contributed by atoms with van der Waals surface area (Å²) in [6.07, 6.45) is -0.0202. The van der Waals surface area contributed by atoms with Gasteiger partial charge in [-0.2, -0.15) is 0 Å². The normalized spacial score (nSPS) is 21.2. The van der Waals surface area contributed by atoms with Gasteiger partial charge >= 0.3 is 0 Å². The molecule has 2 nitrogen and oxygen atoms in total. The van der Waals surface area contributed by atoms with E-state index in [0.717, 1.165) is 17.2 Å². The average molecular weight is 246 g/mol. The van der Waals surface area contributed by atoms with E-state index in [1.807, 2.05) is 13.8 Å². The van der Waals surface area contributed by atoms with Crippen LogP contribution in [0.2, 0.25) is 0 Å². The third-order valence-corrected chi connectivity index (χ3v) is 4.01. The van der Waals surface area contributed by atoms with E-state index in [2.05, 4.69) is 9.88 Å². The van der Waals surface area contributed by atoms with Crippen LogP contribution in [0.4, 0.5) is 8.78 Å². The molecule has 0 N–H and O–H groups in total. The molecule has 0 radical (unpaired) electrons. The molecule has 0 unspecified atom stereocenters. The second-order valence-corrected chi connectivity index (χ2v) is 5.66. The molecule has 1 aliphatic rings. The first-order valence-electron chi connectivity index (χ1n) is 5.49. The molecule has 90 valence electrons. The van der Waals surface area contributed by atoms with Crippen LogP contribution < -0.4 is 0 Å². The molecule has 1 aromatic rings. The Morgan fingerprint density at radius 2 is 1.94 bits per heavy atom. The number of aromatic nitrogens is 1. The van der Waals surface area contributed by atoms with Crippen molar-refractivity contribution in [3.8, 4) is 0 Å². The van der Waals surface area contributed by atoms with Crippen molar-refractivity contribution in [1.82, 2.24) is 9.88 Å². The number of piperidine rings is 1. The Labute approximate surface area is 98.3 Å². The van der Waals surface area contributed by atoms with Crippen molar-refractivity contribution >= 4 is 11.3 Å². The summed E-state index contributed by atoms with van der Waals surface area (Å²) < 4.78 is 25.9. The van der Waals surface area contributed by atoms with Gasteiger partial charge in [0.15, 0.2) is 0 Å². The molecule has 2 rings (SSSR count). The van der Waals surface area contributed by atoms with Crippen molar-refractivity contribution < 1.29 is 8.78 Å². The molecule has 0 amide bonds. The van der Waals surface area contributed by atoms with Crippen LogP contribution in [0.25, 0.3) is 0 Å². The molecule has 0 spiro atoms. The van der Waals surface area contributed by atoms with Crippen LogP contribution in [0.15, 0.2) is 0 Å². The molecular formula is C11H16F2N2S. The van der Waals surface area contributed by atoms with Crippen molar-refractivity contribution in [2.75, 3.05) is 13.1 Å². The number of halogens is 2. The van der Waals surface area contributed by atoms with E-state index >= 15 is 0 Å². The summed E-state index contributed by atoms with van der Waals surface area (Å²) in [7, 11) is 0. The second-order valence-electron chi connectivity index (χ2n) is 4.37. The van der Waals surface area contributed by atoms with Gasteiger partial charge in [0.2, 0.25) is 0 Å². The first kappa shape index (κ1) is 11.9. The molecule has 1 fully saturated rings. The van der Waals surface area contributed by atoms with E-state index in [1.165, 1.54) is 4.88 Å². The highest BCUT2D eigenvalue weighted by Crippen LogP contribution is 2.29. The number of thiazole rings is 1. The SMILES string of the molecule is Cc1nc(C)c(CN2CCC(F)(F)CC2)s1. The van der Waals surface area contributed by atoms with Crippen molar-refractivity contribution in [2.24, 2.45) is 0 Å². The second kappa shape index (κ2) is 4.37. The van der Waals surface area contributed by atoms with Crippen molar-refractivity contribution in [2.45, 2.75) is 39.2 Å². The number of hydrogen-bond acceptors (Lipinski definition) is 3. The lowest BCUT2D eigenvalue weighted by Crippen LogP contribution is -2.38. The summed E-state index contributed by atoms with van der Waals surface area (Å²) in [5.41, 5.74) is 1.04. The molecule has 0 aromatic carbocycles. The summed E-state index contributed by atoms with van der Waals surface area (Å²) in [6, 6.07) is 0. The average Bonchev–Trinajstić information content (AvgIpc) is 2.49. The van der Waals surface area contributed by atoms with Crippen LogP contribution in [-0.4, -0.2) is 28.9 Å². The first-order valence-corrected chi connectivity index (χ1v) is 6.31. The van der Waals surface area contributed by atoms with Gasteiger partial charge in [-0.25, -0.2) is 13.8 Å². The minimum absolute atomic E-state index is 0.0101. The van der Waals surface area contributed by atoms with Gasteiger partial charge in [0.1, 0.15) is 0 Å². The van der Waals surface area contributed by atoms with Gasteiger partial charge in [-0.15, -0.1) is 11.3 Å². The number of alkyl halides is 2. The van der Waals surface area contributed by atoms with Crippen molar-refractivity contribution in [3.63, 3.8) is 0 Å². The molecule has 0 atom stereocenters. The monoisotopic (exact) mass is 246 g/mol. The Bertz CT molecular complexity index is 366. The third kappa shape index (κ3) is 2.77. The first-order chi connectivity index (χ1) is 7.46. The smallest absolute Gasteiger partial charge is 0.250 e. The molecule has 5 heteroatoms. The summed E-state index contributed by atoms with van der Waals surface area (Å²) in [4.78, 5) is 7.65. The molecule has 2 heterocycles. The van der Waals surface area contributed by atoms with Crippen molar-refractivity contribution in [3.05, 3.63) is 15.6 Å². The number of nitrogens with zero attached hydrogens (tertiary/aromatic N) is 2. The van der Waals surface area contributed by atoms with Crippen molar-refractivity contribution in [1.29, 1.82) is 0 Å². The maximum Gasteiger partial charge on any atom is 0.250 e. The lowest BCUT2D eigenvalue weighted by atomic mass is 10.1. The molecule has 16 heavy (non-hydrogen) atoms. The van der Waals surface area contributed by atoms with Crippen LogP contribution in [-0.2, 0) is 6.54 Å². The van der Waals surface area contributed by atoms with E-state index in [9.17, 15) is 8.78 Å². The van der Waals surface area contributed by atoms with Gasteiger partial charge in [-0.1, -0.05) is 0 Å². The van der Waals surface area contributed by atoms with Gasteiger partial charge < -0.3 is 0 Å². The predicted molar refractivity (Wildman–Crippen MR) is 61.0 cm³/mol. The van der Waals surface area contributed by atoms with E-state index < -0.39 is 5.92 Å². The predicted octanol–water partition coefficient (Wildman–Crippen LogP) is 2.99. The van der Waals surface area contributed by atoms with E-state index in [1.54, 1.807) is 11.3 Å². The molecule has 1 aromatic heterocycles. The molecule has 0 bridgehead atoms. The molecule has 1 aliphatic heterocycles. The van der Waals surface area contributed by atoms with Gasteiger partial charge in [0.05, 0.1) is 10.7 Å². The Morgan fingerprint density at radius 1 is 1.31 bits per heavy atom. The Balaban J connectivity index is 1.94. The number of hydrogen-bond donors (Lipinski definition) is 0. The minimum Gasteiger partial charge on any atom is -0.298 e. The zero-order chi connectivity index (χ0) is 11.8. The summed E-state index contributed by atoms with van der Waals surface area (Å²) in [6.45, 7) is 5.71. The highest BCUT2D eigenvalue weighted by Gasteiger charge is 2.34. The molecule has 0 aliphatic carbocycles. The van der Waals surface area contributed by atoms with E-state index in [0.29, 0.717) is 13.1 Å². The lowest BCUT2D eigenvalue weighted by Gasteiger charge is -2.31. The Morgan fingerprint density at radius 3 is 2.44 bits per heavy atom. The fraction of sp³-hybridized carbons (Fsp3) is 0.727. The Kier molecular flexibility index (Phi) is 3.26. The van der Waals surface area contributed by atoms with E-state index in [4.69, 9.17) is 0 Å². The Hall–Kier alpha value is -0.550. The number of aryl methyl sites for hydroxylation is 2. The fourth-order valence-electron chi connectivity index (χ4n) is 1.96. The maximum atomic E-state index is 13.0. The largest absolute Gasteiger partial charge is 0.298 e. The standard InChI is InChI=1S/C11H16F2N2S/c1-8-10(16-9(2)14-8)7-15-5-3-11(12,13)4-6-15/h3-7H2,1-2H3. The number of likely N-dealkylation sites (tertiary alicyclic amines) is 1. The lowest BCUT2D eigenvalue weighted by molar-refractivity contribution is -0.0565. The van der Waals surface area contributed by atoms with Gasteiger partial charge in [-0.05, 0) is 13.8 Å². The van der Waals surface area contributed by atoms with Crippen LogP contribution in [0.3, 0.4) is 0 Å². The van der Waals surface area contributed by atoms with Crippen LogP contribution in [0.5, 0.6) is 0 Å². The fourth-order valence-corrected chi connectivity index (χ4v) is 2.94. The zero-order valence-corrected chi connectivity index (χ0v) is 10.4. The van der Waals surface area contributed by atoms with Crippen LogP contribution >= 0.6 is 11.3 Å². The summed E-state index contributed by atoms with van der Waals surface area (Å²) in [5, 5.41) is 1.05. The van der Waals surface area contributed by atoms with Gasteiger partial charge in [0.25, 0.3) is 5.92 Å². The van der Waals surface area contributed by atoms with Crippen LogP contribution in [0.1, 0.15) is 28.4 Å². The molecular weight excluding hydrogens is 230 g/mol. The summed E-state index contributed by atoms with van der Waals surface area (Å²) in [5.74, 6) is -2.45. The van der Waals surface area contributed by atoms with Gasteiger partial charge in [0, 0.05) is 37.4 Å². The highest BCUT2D eigenvalue weighted by molar-refractivity contribution is 7.11. The van der Waals surface area contributed by atoms with Crippen LogP contribution in [0, 0.1) is 13.8 Å². The van der Waals surface area contributed by atoms with Gasteiger partial charge in [-0.3, -0.25) is 4.90 Å². The maximum absolute atomic E-state index is 13.0. The van der Waals surface area contributed by atoms with E-state index in [-0.39, 0.29) is 12.8 Å². The molecule has 1 saturated heterocycles. The third-order valence-electron chi connectivity index (χ3n) is 2.95. The quantitative estimate of drug-likeness (QED) is 0.797. The number of rotatable bonds is 2. The molecule has 0 saturated carbocycles. The summed E-state index contributed by atoms with van der Waals surface area (Å²) >= 11 is 1.67.